The minimum absolute atomic E-state index is 0.0570. The van der Waals surface area contributed by atoms with Gasteiger partial charge in [-0.15, -0.1) is 15.0 Å². The van der Waals surface area contributed by atoms with Crippen molar-refractivity contribution in [3.8, 4) is 5.69 Å². The van der Waals surface area contributed by atoms with Crippen LogP contribution >= 0.6 is 0 Å². The van der Waals surface area contributed by atoms with Crippen LogP contribution in [0.15, 0.2) is 48.5 Å². The van der Waals surface area contributed by atoms with Gasteiger partial charge in [0.25, 0.3) is 0 Å². The highest BCUT2D eigenvalue weighted by atomic mass is 16.4. The van der Waals surface area contributed by atoms with Crippen molar-refractivity contribution in [3.63, 3.8) is 0 Å². The monoisotopic (exact) mass is 336 g/mol. The van der Waals surface area contributed by atoms with Gasteiger partial charge in [-0.3, -0.25) is 0 Å². The topological polar surface area (TPSA) is 71.2 Å². The molecule has 0 aliphatic heterocycles. The zero-order valence-corrected chi connectivity index (χ0v) is 14.5. The van der Waals surface area contributed by atoms with Crippen molar-refractivity contribution in [2.45, 2.75) is 20.4 Å². The molecule has 0 bridgehead atoms. The first kappa shape index (κ1) is 16.7. The summed E-state index contributed by atoms with van der Waals surface area (Å²) in [5, 5.41) is 18.1. The maximum atomic E-state index is 11.6. The molecule has 3 aromatic rings. The standard InChI is InChI=1S/C19H20N4O2/c1-13-9-10-16(14(2)11-13)23-20-17(19(24)25)18(21-23)22(3)12-15-7-5-4-6-8-15/h4-11H,12H2,1-3H3,(H,24,25). The Labute approximate surface area is 146 Å². The fraction of sp³-hybridized carbons (Fsp3) is 0.211. The molecule has 6 heteroatoms. The summed E-state index contributed by atoms with van der Waals surface area (Å²) in [6.07, 6.45) is 0. The predicted molar refractivity (Wildman–Crippen MR) is 96.3 cm³/mol. The van der Waals surface area contributed by atoms with Crippen molar-refractivity contribution in [2.75, 3.05) is 11.9 Å². The van der Waals surface area contributed by atoms with Crippen LogP contribution in [0.2, 0.25) is 0 Å². The molecule has 3 rings (SSSR count). The van der Waals surface area contributed by atoms with Gasteiger partial charge in [-0.25, -0.2) is 4.79 Å². The van der Waals surface area contributed by atoms with Gasteiger partial charge >= 0.3 is 5.97 Å². The number of hydrogen-bond donors (Lipinski definition) is 1. The highest BCUT2D eigenvalue weighted by Crippen LogP contribution is 2.21. The molecular formula is C19H20N4O2. The Morgan fingerprint density at radius 1 is 1.12 bits per heavy atom. The van der Waals surface area contributed by atoms with Crippen LogP contribution in [0.5, 0.6) is 0 Å². The second kappa shape index (κ2) is 6.76. The number of benzene rings is 2. The number of anilines is 1. The Bertz CT molecular complexity index is 903. The zero-order chi connectivity index (χ0) is 18.0. The van der Waals surface area contributed by atoms with Crippen molar-refractivity contribution >= 4 is 11.8 Å². The lowest BCUT2D eigenvalue weighted by Crippen LogP contribution is -2.19. The van der Waals surface area contributed by atoms with Crippen molar-refractivity contribution in [1.82, 2.24) is 15.0 Å². The fourth-order valence-corrected chi connectivity index (χ4v) is 2.76. The van der Waals surface area contributed by atoms with E-state index in [1.807, 2.05) is 69.4 Å². The third-order valence-corrected chi connectivity index (χ3v) is 3.99. The molecule has 1 N–H and O–H groups in total. The van der Waals surface area contributed by atoms with Crippen molar-refractivity contribution in [1.29, 1.82) is 0 Å². The smallest absolute Gasteiger partial charge is 0.360 e. The SMILES string of the molecule is Cc1ccc(-n2nc(C(=O)O)c(N(C)Cc3ccccc3)n2)c(C)c1. The first-order chi connectivity index (χ1) is 12.0. The van der Waals surface area contributed by atoms with E-state index in [1.165, 1.54) is 4.80 Å². The van der Waals surface area contributed by atoms with Crippen LogP contribution < -0.4 is 4.90 Å². The minimum Gasteiger partial charge on any atom is -0.476 e. The Balaban J connectivity index is 1.98. The Morgan fingerprint density at radius 3 is 2.48 bits per heavy atom. The number of nitrogens with zero attached hydrogens (tertiary/aromatic N) is 4. The van der Waals surface area contributed by atoms with E-state index in [1.54, 1.807) is 4.90 Å². The Morgan fingerprint density at radius 2 is 1.84 bits per heavy atom. The molecule has 0 amide bonds. The number of rotatable bonds is 5. The van der Waals surface area contributed by atoms with E-state index in [-0.39, 0.29) is 5.69 Å². The van der Waals surface area contributed by atoms with Crippen LogP contribution in [0, 0.1) is 13.8 Å². The first-order valence-electron chi connectivity index (χ1n) is 7.99. The van der Waals surface area contributed by atoms with Crippen LogP contribution in [0.3, 0.4) is 0 Å². The molecule has 0 spiro atoms. The number of carbonyl (C=O) groups is 1. The third kappa shape index (κ3) is 3.52. The molecule has 2 aromatic carbocycles. The van der Waals surface area contributed by atoms with E-state index >= 15 is 0 Å². The molecule has 1 heterocycles. The molecule has 0 radical (unpaired) electrons. The molecule has 0 unspecified atom stereocenters. The van der Waals surface area contributed by atoms with Crippen LogP contribution in [0.1, 0.15) is 27.2 Å². The van der Waals surface area contributed by atoms with E-state index in [0.717, 1.165) is 22.4 Å². The molecule has 25 heavy (non-hydrogen) atoms. The van der Waals surface area contributed by atoms with Crippen molar-refractivity contribution < 1.29 is 9.90 Å². The van der Waals surface area contributed by atoms with E-state index in [0.29, 0.717) is 12.4 Å². The molecule has 0 saturated heterocycles. The fourth-order valence-electron chi connectivity index (χ4n) is 2.76. The molecule has 0 atom stereocenters. The normalized spacial score (nSPS) is 10.7. The van der Waals surface area contributed by atoms with Gasteiger partial charge in [0.2, 0.25) is 5.69 Å². The Hall–Kier alpha value is -3.15. The van der Waals surface area contributed by atoms with Gasteiger partial charge < -0.3 is 10.0 Å². The lowest BCUT2D eigenvalue weighted by molar-refractivity contribution is 0.0690. The van der Waals surface area contributed by atoms with Gasteiger partial charge in [0.1, 0.15) is 0 Å². The second-order valence-electron chi connectivity index (χ2n) is 6.10. The molecule has 0 aliphatic rings. The summed E-state index contributed by atoms with van der Waals surface area (Å²) in [6.45, 7) is 4.52. The summed E-state index contributed by atoms with van der Waals surface area (Å²) in [4.78, 5) is 14.8. The number of aromatic carboxylic acids is 1. The summed E-state index contributed by atoms with van der Waals surface area (Å²) in [6, 6.07) is 15.7. The maximum Gasteiger partial charge on any atom is 0.360 e. The van der Waals surface area contributed by atoms with Crippen molar-refractivity contribution in [2.24, 2.45) is 0 Å². The van der Waals surface area contributed by atoms with Gasteiger partial charge in [0.15, 0.2) is 5.82 Å². The minimum atomic E-state index is -1.09. The second-order valence-corrected chi connectivity index (χ2v) is 6.10. The molecule has 0 fully saturated rings. The van der Waals surface area contributed by atoms with E-state index in [2.05, 4.69) is 10.2 Å². The average molecular weight is 336 g/mol. The zero-order valence-electron chi connectivity index (χ0n) is 14.5. The van der Waals surface area contributed by atoms with Gasteiger partial charge in [-0.05, 0) is 31.0 Å². The molecule has 0 saturated carbocycles. The number of hydrogen-bond acceptors (Lipinski definition) is 4. The number of carboxylic acid groups (broad SMARTS) is 1. The van der Waals surface area contributed by atoms with E-state index in [4.69, 9.17) is 0 Å². The average Bonchev–Trinajstić information content (AvgIpc) is 3.01. The summed E-state index contributed by atoms with van der Waals surface area (Å²) in [5.74, 6) is -0.748. The third-order valence-electron chi connectivity index (χ3n) is 3.99. The lowest BCUT2D eigenvalue weighted by Gasteiger charge is -2.16. The predicted octanol–water partition coefficient (Wildman–Crippen LogP) is 3.22. The summed E-state index contributed by atoms with van der Waals surface area (Å²) >= 11 is 0. The van der Waals surface area contributed by atoms with Gasteiger partial charge in [0, 0.05) is 13.6 Å². The number of aryl methyl sites for hydroxylation is 2. The molecular weight excluding hydrogens is 316 g/mol. The van der Waals surface area contributed by atoms with E-state index < -0.39 is 5.97 Å². The van der Waals surface area contributed by atoms with E-state index in [9.17, 15) is 9.90 Å². The molecule has 6 nitrogen and oxygen atoms in total. The van der Waals surface area contributed by atoms with Crippen LogP contribution in [-0.4, -0.2) is 33.1 Å². The molecule has 1 aromatic heterocycles. The van der Waals surface area contributed by atoms with Crippen LogP contribution in [-0.2, 0) is 6.54 Å². The number of aromatic nitrogens is 3. The highest BCUT2D eigenvalue weighted by Gasteiger charge is 2.22. The van der Waals surface area contributed by atoms with Crippen LogP contribution in [0.4, 0.5) is 5.82 Å². The summed E-state index contributed by atoms with van der Waals surface area (Å²) in [7, 11) is 1.82. The highest BCUT2D eigenvalue weighted by molar-refractivity contribution is 5.91. The molecule has 0 aliphatic carbocycles. The largest absolute Gasteiger partial charge is 0.476 e. The van der Waals surface area contributed by atoms with Gasteiger partial charge in [-0.2, -0.15) is 0 Å². The van der Waals surface area contributed by atoms with Gasteiger partial charge in [-0.1, -0.05) is 48.0 Å². The van der Waals surface area contributed by atoms with Crippen LogP contribution in [0.25, 0.3) is 5.69 Å². The number of carboxylic acids is 1. The lowest BCUT2D eigenvalue weighted by atomic mass is 10.1. The summed E-state index contributed by atoms with van der Waals surface area (Å²) < 4.78 is 0. The summed E-state index contributed by atoms with van der Waals surface area (Å²) in [5.41, 5.74) is 3.91. The maximum absolute atomic E-state index is 11.6. The molecule has 128 valence electrons. The van der Waals surface area contributed by atoms with Crippen molar-refractivity contribution in [3.05, 3.63) is 70.9 Å². The Kier molecular flexibility index (Phi) is 4.52. The van der Waals surface area contributed by atoms with Gasteiger partial charge in [0.05, 0.1) is 5.69 Å². The first-order valence-corrected chi connectivity index (χ1v) is 7.99. The quantitative estimate of drug-likeness (QED) is 0.774.